The molecule has 1 aliphatic heterocycles. The smallest absolute Gasteiger partial charge is 0.332 e. The van der Waals surface area contributed by atoms with Crippen molar-refractivity contribution in [2.75, 3.05) is 23.7 Å². The van der Waals surface area contributed by atoms with Crippen molar-refractivity contribution in [3.8, 4) is 0 Å². The molecular formula is C11H16N6O3. The van der Waals surface area contributed by atoms with Crippen molar-refractivity contribution in [3.63, 3.8) is 0 Å². The molecule has 20 heavy (non-hydrogen) atoms. The fourth-order valence-electron chi connectivity index (χ4n) is 2.02. The Hall–Kier alpha value is -2.45. The summed E-state index contributed by atoms with van der Waals surface area (Å²) in [5.41, 5.74) is 0.117. The largest absolute Gasteiger partial charge is 0.359 e. The minimum absolute atomic E-state index is 0.0807. The Balaban J connectivity index is 2.32. The monoisotopic (exact) mass is 280 g/mol. The average Bonchev–Trinajstić information content (AvgIpc) is 2.74. The first-order chi connectivity index (χ1) is 9.51. The van der Waals surface area contributed by atoms with Gasteiger partial charge in [-0.2, -0.15) is 4.98 Å². The van der Waals surface area contributed by atoms with E-state index in [0.717, 1.165) is 0 Å². The first-order valence-electron chi connectivity index (χ1n) is 6.31. The molecule has 1 saturated heterocycles. The van der Waals surface area contributed by atoms with Gasteiger partial charge in [0.25, 0.3) is 0 Å². The highest BCUT2D eigenvalue weighted by Gasteiger charge is 2.27. The molecule has 1 atom stereocenters. The fraction of sp³-hybridized carbons (Fsp3) is 0.545. The number of nitrogens with one attached hydrogen (secondary N) is 3. The number of anilines is 2. The topological polar surface area (TPSA) is 122 Å². The van der Waals surface area contributed by atoms with E-state index in [-0.39, 0.29) is 35.6 Å². The summed E-state index contributed by atoms with van der Waals surface area (Å²) in [5.74, 6) is 0.387. The first kappa shape index (κ1) is 14.0. The number of aryl methyl sites for hydroxylation is 1. The van der Waals surface area contributed by atoms with E-state index in [1.165, 1.54) is 0 Å². The Labute approximate surface area is 115 Å². The Bertz CT molecular complexity index is 547. The fourth-order valence-corrected chi connectivity index (χ4v) is 2.02. The number of nitrogens with zero attached hydrogens (tertiary/aromatic N) is 3. The molecule has 3 N–H and O–H groups in total. The third kappa shape index (κ3) is 2.92. The van der Waals surface area contributed by atoms with Crippen LogP contribution in [0.15, 0.2) is 0 Å². The third-order valence-corrected chi connectivity index (χ3v) is 2.89. The van der Waals surface area contributed by atoms with Crippen molar-refractivity contribution in [1.29, 1.82) is 0 Å². The van der Waals surface area contributed by atoms with Crippen LogP contribution >= 0.6 is 0 Å². The molecule has 0 aliphatic carbocycles. The number of amides is 1. The van der Waals surface area contributed by atoms with Crippen molar-refractivity contribution >= 4 is 23.4 Å². The van der Waals surface area contributed by atoms with Gasteiger partial charge in [0.05, 0.1) is 11.0 Å². The van der Waals surface area contributed by atoms with Crippen LogP contribution in [0.1, 0.15) is 19.0 Å². The highest BCUT2D eigenvalue weighted by Crippen LogP contribution is 2.27. The Kier molecular flexibility index (Phi) is 3.97. The Morgan fingerprint density at radius 3 is 2.80 bits per heavy atom. The van der Waals surface area contributed by atoms with Crippen molar-refractivity contribution in [3.05, 3.63) is 15.8 Å². The van der Waals surface area contributed by atoms with E-state index in [1.54, 1.807) is 6.92 Å². The van der Waals surface area contributed by atoms with Gasteiger partial charge < -0.3 is 16.0 Å². The quantitative estimate of drug-likeness (QED) is 0.528. The number of carbonyl (C=O) groups is 1. The van der Waals surface area contributed by atoms with Crippen LogP contribution in [0.5, 0.6) is 0 Å². The summed E-state index contributed by atoms with van der Waals surface area (Å²) in [6.07, 6.45) is 0.275. The summed E-state index contributed by atoms with van der Waals surface area (Å²) in [6.45, 7) is 4.48. The van der Waals surface area contributed by atoms with E-state index < -0.39 is 4.92 Å². The number of nitro groups is 1. The second-order valence-electron chi connectivity index (χ2n) is 4.47. The lowest BCUT2D eigenvalue weighted by Crippen LogP contribution is -2.24. The van der Waals surface area contributed by atoms with Gasteiger partial charge in [-0.25, -0.2) is 4.98 Å². The maximum atomic E-state index is 11.2. The summed E-state index contributed by atoms with van der Waals surface area (Å²) in [7, 11) is 0. The number of rotatable bonds is 5. The lowest BCUT2D eigenvalue weighted by molar-refractivity contribution is -0.385. The van der Waals surface area contributed by atoms with E-state index in [2.05, 4.69) is 25.9 Å². The van der Waals surface area contributed by atoms with Crippen LogP contribution in [0, 0.1) is 17.0 Å². The molecule has 2 rings (SSSR count). The van der Waals surface area contributed by atoms with Gasteiger partial charge in [-0.05, 0) is 13.8 Å². The van der Waals surface area contributed by atoms with Crippen molar-refractivity contribution in [2.45, 2.75) is 26.3 Å². The van der Waals surface area contributed by atoms with Crippen LogP contribution in [-0.4, -0.2) is 39.9 Å². The molecular weight excluding hydrogens is 264 g/mol. The van der Waals surface area contributed by atoms with E-state index in [1.807, 2.05) is 6.92 Å². The predicted molar refractivity (Wildman–Crippen MR) is 72.6 cm³/mol. The summed E-state index contributed by atoms with van der Waals surface area (Å²) < 4.78 is 0. The molecule has 1 fully saturated rings. The van der Waals surface area contributed by atoms with Gasteiger partial charge in [0, 0.05) is 19.5 Å². The van der Waals surface area contributed by atoms with Crippen molar-refractivity contribution < 1.29 is 9.72 Å². The molecule has 2 heterocycles. The zero-order valence-corrected chi connectivity index (χ0v) is 11.3. The predicted octanol–water partition coefficient (Wildman–Crippen LogP) is 0.425. The molecule has 9 heteroatoms. The standard InChI is InChI=1S/C11H16N6O3/c1-3-12-11-14-6(2)9(17(19)20)10(16-11)15-7-4-8(18)13-5-7/h7H,3-5H2,1-2H3,(H,13,18)(H2,12,14,15,16). The number of hydrogen-bond acceptors (Lipinski definition) is 7. The van der Waals surface area contributed by atoms with Crippen molar-refractivity contribution in [1.82, 2.24) is 15.3 Å². The van der Waals surface area contributed by atoms with Gasteiger partial charge >= 0.3 is 5.69 Å². The van der Waals surface area contributed by atoms with E-state index >= 15 is 0 Å². The number of carbonyl (C=O) groups excluding carboxylic acids is 1. The van der Waals surface area contributed by atoms with Crippen LogP contribution in [0.4, 0.5) is 17.5 Å². The van der Waals surface area contributed by atoms with Crippen LogP contribution in [-0.2, 0) is 4.79 Å². The molecule has 0 spiro atoms. The lowest BCUT2D eigenvalue weighted by Gasteiger charge is -2.13. The maximum Gasteiger partial charge on any atom is 0.332 e. The number of hydrogen-bond donors (Lipinski definition) is 3. The Morgan fingerprint density at radius 2 is 2.25 bits per heavy atom. The summed E-state index contributed by atoms with van der Waals surface area (Å²) >= 11 is 0. The minimum Gasteiger partial charge on any atom is -0.359 e. The second-order valence-corrected chi connectivity index (χ2v) is 4.47. The SMILES string of the molecule is CCNc1nc(C)c([N+](=O)[O-])c(NC2CNC(=O)C2)n1. The molecule has 108 valence electrons. The third-order valence-electron chi connectivity index (χ3n) is 2.89. The average molecular weight is 280 g/mol. The zero-order chi connectivity index (χ0) is 14.7. The van der Waals surface area contributed by atoms with Gasteiger partial charge in [0.15, 0.2) is 0 Å². The van der Waals surface area contributed by atoms with Gasteiger partial charge in [0.2, 0.25) is 17.7 Å². The molecule has 9 nitrogen and oxygen atoms in total. The van der Waals surface area contributed by atoms with Gasteiger partial charge in [-0.3, -0.25) is 14.9 Å². The van der Waals surface area contributed by atoms with Gasteiger partial charge in [0.1, 0.15) is 5.69 Å². The molecule has 0 saturated carbocycles. The maximum absolute atomic E-state index is 11.2. The van der Waals surface area contributed by atoms with Crippen LogP contribution in [0.25, 0.3) is 0 Å². The molecule has 0 bridgehead atoms. The summed E-state index contributed by atoms with van der Waals surface area (Å²) in [5, 5.41) is 19.7. The summed E-state index contributed by atoms with van der Waals surface area (Å²) in [4.78, 5) is 30.0. The highest BCUT2D eigenvalue weighted by molar-refractivity contribution is 5.80. The highest BCUT2D eigenvalue weighted by atomic mass is 16.6. The lowest BCUT2D eigenvalue weighted by atomic mass is 10.2. The molecule has 1 amide bonds. The first-order valence-corrected chi connectivity index (χ1v) is 6.31. The van der Waals surface area contributed by atoms with E-state index in [9.17, 15) is 14.9 Å². The molecule has 1 aromatic rings. The van der Waals surface area contributed by atoms with Gasteiger partial charge in [-0.15, -0.1) is 0 Å². The van der Waals surface area contributed by atoms with Crippen molar-refractivity contribution in [2.24, 2.45) is 0 Å². The Morgan fingerprint density at radius 1 is 1.50 bits per heavy atom. The number of aromatic nitrogens is 2. The van der Waals surface area contributed by atoms with Crippen LogP contribution in [0.2, 0.25) is 0 Å². The molecule has 1 aromatic heterocycles. The summed E-state index contributed by atoms with van der Waals surface area (Å²) in [6, 6.07) is -0.204. The molecule has 0 radical (unpaired) electrons. The van der Waals surface area contributed by atoms with E-state index in [0.29, 0.717) is 19.0 Å². The molecule has 1 unspecified atom stereocenters. The zero-order valence-electron chi connectivity index (χ0n) is 11.3. The normalized spacial score (nSPS) is 17.7. The van der Waals surface area contributed by atoms with Crippen LogP contribution < -0.4 is 16.0 Å². The molecule has 1 aliphatic rings. The van der Waals surface area contributed by atoms with E-state index in [4.69, 9.17) is 0 Å². The minimum atomic E-state index is -0.516. The molecule has 0 aromatic carbocycles. The van der Waals surface area contributed by atoms with Gasteiger partial charge in [-0.1, -0.05) is 0 Å². The van der Waals surface area contributed by atoms with Crippen LogP contribution in [0.3, 0.4) is 0 Å². The second kappa shape index (κ2) is 5.68.